The molecule has 1 amide bonds. The highest BCUT2D eigenvalue weighted by Crippen LogP contribution is 2.25. The van der Waals surface area contributed by atoms with Crippen molar-refractivity contribution >= 4 is 26.5 Å². The highest BCUT2D eigenvalue weighted by atomic mass is 32.2. The number of nitrogens with one attached hydrogen (secondary N) is 1. The highest BCUT2D eigenvalue weighted by Gasteiger charge is 2.39. The Balaban J connectivity index is 1.65. The van der Waals surface area contributed by atoms with Crippen LogP contribution in [0.3, 0.4) is 0 Å². The topological polar surface area (TPSA) is 72.5 Å². The summed E-state index contributed by atoms with van der Waals surface area (Å²) in [5.41, 5.74) is -0.696. The van der Waals surface area contributed by atoms with Crippen LogP contribution in [0.5, 0.6) is 5.75 Å². The zero-order valence-electron chi connectivity index (χ0n) is 12.9. The van der Waals surface area contributed by atoms with Crippen LogP contribution in [0.1, 0.15) is 13.3 Å². The lowest BCUT2D eigenvalue weighted by Crippen LogP contribution is -2.48. The van der Waals surface area contributed by atoms with Crippen LogP contribution in [0.2, 0.25) is 0 Å². The molecule has 0 radical (unpaired) electrons. The van der Waals surface area contributed by atoms with Gasteiger partial charge in [-0.1, -0.05) is 36.4 Å². The van der Waals surface area contributed by atoms with Crippen LogP contribution in [-0.4, -0.2) is 38.0 Å². The van der Waals surface area contributed by atoms with E-state index in [1.165, 1.54) is 0 Å². The molecule has 6 heteroatoms. The first-order valence-electron chi connectivity index (χ1n) is 7.49. The first-order chi connectivity index (χ1) is 10.9. The summed E-state index contributed by atoms with van der Waals surface area (Å²) >= 11 is 0. The number of fused-ring (bicyclic) bond motifs is 1. The Hall–Kier alpha value is -2.08. The molecule has 1 saturated heterocycles. The molecule has 0 spiro atoms. The highest BCUT2D eigenvalue weighted by molar-refractivity contribution is 7.91. The molecule has 122 valence electrons. The lowest BCUT2D eigenvalue weighted by Gasteiger charge is -2.23. The van der Waals surface area contributed by atoms with Gasteiger partial charge in [0.25, 0.3) is 5.91 Å². The number of benzene rings is 2. The first-order valence-corrected chi connectivity index (χ1v) is 9.31. The SMILES string of the molecule is C[C@@]1(NC(=O)COc2cccc3ccccc23)CCS(=O)(=O)C1. The minimum absolute atomic E-state index is 0.0139. The van der Waals surface area contributed by atoms with E-state index >= 15 is 0 Å². The van der Waals surface area contributed by atoms with E-state index in [4.69, 9.17) is 4.74 Å². The third kappa shape index (κ3) is 3.64. The van der Waals surface area contributed by atoms with E-state index in [2.05, 4.69) is 5.32 Å². The molecule has 1 aliphatic heterocycles. The summed E-state index contributed by atoms with van der Waals surface area (Å²) in [6.07, 6.45) is 0.440. The number of ether oxygens (including phenoxy) is 1. The smallest absolute Gasteiger partial charge is 0.258 e. The average molecular weight is 333 g/mol. The van der Waals surface area contributed by atoms with Crippen LogP contribution in [0, 0.1) is 0 Å². The maximum absolute atomic E-state index is 12.1. The van der Waals surface area contributed by atoms with Crippen LogP contribution in [0.25, 0.3) is 10.8 Å². The minimum Gasteiger partial charge on any atom is -0.483 e. The molecule has 0 aliphatic carbocycles. The van der Waals surface area contributed by atoms with Crippen LogP contribution >= 0.6 is 0 Å². The summed E-state index contributed by atoms with van der Waals surface area (Å²) in [7, 11) is -3.05. The molecule has 1 aliphatic rings. The van der Waals surface area contributed by atoms with Gasteiger partial charge >= 0.3 is 0 Å². The number of hydrogen-bond acceptors (Lipinski definition) is 4. The van der Waals surface area contributed by atoms with Gasteiger partial charge in [-0.05, 0) is 24.8 Å². The zero-order chi connectivity index (χ0) is 16.5. The van der Waals surface area contributed by atoms with Crippen molar-refractivity contribution in [3.8, 4) is 5.75 Å². The van der Waals surface area contributed by atoms with Gasteiger partial charge in [0.05, 0.1) is 17.0 Å². The van der Waals surface area contributed by atoms with E-state index in [9.17, 15) is 13.2 Å². The number of amides is 1. The van der Waals surface area contributed by atoms with E-state index < -0.39 is 15.4 Å². The summed E-state index contributed by atoms with van der Waals surface area (Å²) in [6.45, 7) is 1.62. The Morgan fingerprint density at radius 2 is 1.96 bits per heavy atom. The third-order valence-corrected chi connectivity index (χ3v) is 5.96. The Bertz CT molecular complexity index is 841. The van der Waals surface area contributed by atoms with Crippen LogP contribution < -0.4 is 10.1 Å². The van der Waals surface area contributed by atoms with Crippen LogP contribution in [0.15, 0.2) is 42.5 Å². The maximum Gasteiger partial charge on any atom is 0.258 e. The van der Waals surface area contributed by atoms with Crippen molar-refractivity contribution in [3.05, 3.63) is 42.5 Å². The Kier molecular flexibility index (Phi) is 4.02. The summed E-state index contributed by atoms with van der Waals surface area (Å²) in [4.78, 5) is 12.1. The lowest BCUT2D eigenvalue weighted by atomic mass is 10.0. The lowest BCUT2D eigenvalue weighted by molar-refractivity contribution is -0.124. The molecule has 1 heterocycles. The predicted octanol–water partition coefficient (Wildman–Crippen LogP) is 1.91. The van der Waals surface area contributed by atoms with Crippen molar-refractivity contribution < 1.29 is 17.9 Å². The second kappa shape index (κ2) is 5.85. The first kappa shape index (κ1) is 15.8. The van der Waals surface area contributed by atoms with Gasteiger partial charge in [0, 0.05) is 5.39 Å². The fourth-order valence-corrected chi connectivity index (χ4v) is 5.04. The number of rotatable bonds is 4. The standard InChI is InChI=1S/C17H19NO4S/c1-17(9-10-23(20,21)12-17)18-16(19)11-22-15-8-4-6-13-5-2-3-7-14(13)15/h2-8H,9-12H2,1H3,(H,18,19)/t17-/m1/s1. The Morgan fingerprint density at radius 3 is 2.70 bits per heavy atom. The molecule has 23 heavy (non-hydrogen) atoms. The van der Waals surface area contributed by atoms with Crippen molar-refractivity contribution in [3.63, 3.8) is 0 Å². The van der Waals surface area contributed by atoms with E-state index in [-0.39, 0.29) is 24.0 Å². The van der Waals surface area contributed by atoms with Gasteiger partial charge in [-0.2, -0.15) is 0 Å². The molecule has 1 fully saturated rings. The van der Waals surface area contributed by atoms with Gasteiger partial charge in [-0.15, -0.1) is 0 Å². The van der Waals surface area contributed by atoms with E-state index in [0.29, 0.717) is 12.2 Å². The molecular formula is C17H19NO4S. The van der Waals surface area contributed by atoms with Crippen molar-refractivity contribution in [2.24, 2.45) is 0 Å². The normalized spacial score (nSPS) is 22.8. The molecule has 1 atom stereocenters. The van der Waals surface area contributed by atoms with Crippen molar-refractivity contribution in [2.45, 2.75) is 18.9 Å². The van der Waals surface area contributed by atoms with Gasteiger partial charge in [0.15, 0.2) is 16.4 Å². The molecule has 3 rings (SSSR count). The molecule has 0 saturated carbocycles. The Labute approximate surface area is 135 Å². The molecule has 0 unspecified atom stereocenters. The number of carbonyl (C=O) groups excluding carboxylic acids is 1. The minimum atomic E-state index is -3.05. The van der Waals surface area contributed by atoms with Gasteiger partial charge in [0.1, 0.15) is 5.75 Å². The molecule has 0 bridgehead atoms. The fraction of sp³-hybridized carbons (Fsp3) is 0.353. The predicted molar refractivity (Wildman–Crippen MR) is 89.3 cm³/mol. The fourth-order valence-electron chi connectivity index (χ4n) is 2.95. The van der Waals surface area contributed by atoms with Gasteiger partial charge in [-0.25, -0.2) is 8.42 Å². The maximum atomic E-state index is 12.1. The summed E-state index contributed by atoms with van der Waals surface area (Å²) in [5.74, 6) is 0.438. The molecule has 1 N–H and O–H groups in total. The molecule has 2 aromatic carbocycles. The van der Waals surface area contributed by atoms with Gasteiger partial charge in [0.2, 0.25) is 0 Å². The molecule has 5 nitrogen and oxygen atoms in total. The van der Waals surface area contributed by atoms with E-state index in [0.717, 1.165) is 10.8 Å². The second-order valence-corrected chi connectivity index (χ2v) is 8.40. The summed E-state index contributed by atoms with van der Waals surface area (Å²) in [5, 5.41) is 4.77. The van der Waals surface area contributed by atoms with Crippen molar-refractivity contribution in [1.82, 2.24) is 5.32 Å². The Morgan fingerprint density at radius 1 is 1.22 bits per heavy atom. The quantitative estimate of drug-likeness (QED) is 0.928. The largest absolute Gasteiger partial charge is 0.483 e. The van der Waals surface area contributed by atoms with Crippen LogP contribution in [0.4, 0.5) is 0 Å². The third-order valence-electron chi connectivity index (χ3n) is 4.05. The molecular weight excluding hydrogens is 314 g/mol. The average Bonchev–Trinajstić information content (AvgIpc) is 2.78. The summed E-state index contributed by atoms with van der Waals surface area (Å²) < 4.78 is 28.8. The second-order valence-electron chi connectivity index (χ2n) is 6.22. The number of hydrogen-bond donors (Lipinski definition) is 1. The molecule has 2 aromatic rings. The van der Waals surface area contributed by atoms with Gasteiger partial charge < -0.3 is 10.1 Å². The van der Waals surface area contributed by atoms with Gasteiger partial charge in [-0.3, -0.25) is 4.79 Å². The number of sulfone groups is 1. The molecule has 0 aromatic heterocycles. The van der Waals surface area contributed by atoms with E-state index in [1.54, 1.807) is 6.92 Å². The van der Waals surface area contributed by atoms with Crippen molar-refractivity contribution in [2.75, 3.05) is 18.1 Å². The van der Waals surface area contributed by atoms with Crippen LogP contribution in [-0.2, 0) is 14.6 Å². The summed E-state index contributed by atoms with van der Waals surface area (Å²) in [6, 6.07) is 13.4. The number of carbonyl (C=O) groups is 1. The monoisotopic (exact) mass is 333 g/mol. The van der Waals surface area contributed by atoms with E-state index in [1.807, 2.05) is 42.5 Å². The van der Waals surface area contributed by atoms with Crippen molar-refractivity contribution in [1.29, 1.82) is 0 Å². The zero-order valence-corrected chi connectivity index (χ0v) is 13.7.